The van der Waals surface area contributed by atoms with Crippen LogP contribution in [-0.2, 0) is 19.5 Å². The summed E-state index contributed by atoms with van der Waals surface area (Å²) in [6, 6.07) is 10.1. The molecule has 138 valence electrons. The van der Waals surface area contributed by atoms with Gasteiger partial charge in [-0.05, 0) is 29.8 Å². The molecule has 2 N–H and O–H groups in total. The first-order valence-electron chi connectivity index (χ1n) is 8.74. The highest BCUT2D eigenvalue weighted by atomic mass is 79.9. The molecule has 1 aliphatic heterocycles. The summed E-state index contributed by atoms with van der Waals surface area (Å²) < 4.78 is 6.46. The molecule has 4 rings (SSSR count). The summed E-state index contributed by atoms with van der Waals surface area (Å²) >= 11 is 3.51. The van der Waals surface area contributed by atoms with Gasteiger partial charge in [-0.1, -0.05) is 22.0 Å². The molecule has 0 saturated heterocycles. The maximum absolute atomic E-state index is 5.68. The SMILES string of the molecule is COc1ccc(Br)cc1-c1ccc(CN2CCc3nc(N)ncc3C2)cn1. The molecule has 0 atom stereocenters. The second-order valence-corrected chi connectivity index (χ2v) is 7.47. The van der Waals surface area contributed by atoms with Crippen molar-refractivity contribution in [2.75, 3.05) is 19.4 Å². The van der Waals surface area contributed by atoms with Crippen molar-refractivity contribution in [3.63, 3.8) is 0 Å². The number of pyridine rings is 1. The van der Waals surface area contributed by atoms with Crippen LogP contribution in [0.25, 0.3) is 11.3 Å². The lowest BCUT2D eigenvalue weighted by molar-refractivity contribution is 0.243. The van der Waals surface area contributed by atoms with Gasteiger partial charge in [0.15, 0.2) is 0 Å². The fourth-order valence-corrected chi connectivity index (χ4v) is 3.70. The molecule has 7 heteroatoms. The third kappa shape index (κ3) is 3.94. The second-order valence-electron chi connectivity index (χ2n) is 6.56. The van der Waals surface area contributed by atoms with E-state index in [2.05, 4.69) is 41.8 Å². The number of fused-ring (bicyclic) bond motifs is 1. The molecule has 0 radical (unpaired) electrons. The summed E-state index contributed by atoms with van der Waals surface area (Å²) in [5, 5.41) is 0. The van der Waals surface area contributed by atoms with Crippen molar-refractivity contribution in [3.05, 3.63) is 64.0 Å². The molecule has 0 spiro atoms. The van der Waals surface area contributed by atoms with Crippen LogP contribution < -0.4 is 10.5 Å². The molecule has 3 aromatic rings. The van der Waals surface area contributed by atoms with Gasteiger partial charge in [0.25, 0.3) is 0 Å². The molecule has 2 aromatic heterocycles. The van der Waals surface area contributed by atoms with E-state index >= 15 is 0 Å². The van der Waals surface area contributed by atoms with E-state index in [9.17, 15) is 0 Å². The Morgan fingerprint density at radius 2 is 2.07 bits per heavy atom. The normalized spacial score (nSPS) is 14.0. The number of hydrogen-bond donors (Lipinski definition) is 1. The third-order valence-corrected chi connectivity index (χ3v) is 5.19. The topological polar surface area (TPSA) is 77.2 Å². The van der Waals surface area contributed by atoms with Gasteiger partial charge < -0.3 is 10.5 Å². The number of nitrogens with two attached hydrogens (primary N) is 1. The van der Waals surface area contributed by atoms with Gasteiger partial charge in [-0.2, -0.15) is 0 Å². The van der Waals surface area contributed by atoms with E-state index in [1.165, 1.54) is 5.56 Å². The van der Waals surface area contributed by atoms with Crippen LogP contribution in [0.5, 0.6) is 5.75 Å². The number of benzene rings is 1. The van der Waals surface area contributed by atoms with Gasteiger partial charge >= 0.3 is 0 Å². The van der Waals surface area contributed by atoms with Gasteiger partial charge in [0, 0.05) is 54.0 Å². The smallest absolute Gasteiger partial charge is 0.220 e. The monoisotopic (exact) mass is 425 g/mol. The van der Waals surface area contributed by atoms with E-state index in [0.717, 1.165) is 58.8 Å². The lowest BCUT2D eigenvalue weighted by atomic mass is 10.1. The molecule has 0 saturated carbocycles. The number of nitrogen functional groups attached to an aromatic ring is 1. The Morgan fingerprint density at radius 1 is 1.19 bits per heavy atom. The molecule has 1 aliphatic rings. The molecular weight excluding hydrogens is 406 g/mol. The first kappa shape index (κ1) is 17.9. The second kappa shape index (κ2) is 7.62. The number of halogens is 1. The number of ether oxygens (including phenoxy) is 1. The van der Waals surface area contributed by atoms with Gasteiger partial charge in [0.05, 0.1) is 18.5 Å². The van der Waals surface area contributed by atoms with E-state index in [1.807, 2.05) is 36.7 Å². The van der Waals surface area contributed by atoms with Crippen LogP contribution in [0.2, 0.25) is 0 Å². The molecule has 0 fully saturated rings. The van der Waals surface area contributed by atoms with Crippen LogP contribution in [0.3, 0.4) is 0 Å². The fraction of sp³-hybridized carbons (Fsp3) is 0.250. The maximum Gasteiger partial charge on any atom is 0.220 e. The average molecular weight is 426 g/mol. The van der Waals surface area contributed by atoms with Crippen LogP contribution in [0.15, 0.2) is 47.2 Å². The maximum atomic E-state index is 5.68. The van der Waals surface area contributed by atoms with Gasteiger partial charge in [-0.3, -0.25) is 9.88 Å². The Bertz CT molecular complexity index is 961. The number of methoxy groups -OCH3 is 1. The van der Waals surface area contributed by atoms with Crippen molar-refractivity contribution >= 4 is 21.9 Å². The first-order chi connectivity index (χ1) is 13.1. The van der Waals surface area contributed by atoms with Gasteiger partial charge in [-0.25, -0.2) is 9.97 Å². The van der Waals surface area contributed by atoms with Crippen molar-refractivity contribution in [1.29, 1.82) is 0 Å². The third-order valence-electron chi connectivity index (χ3n) is 4.70. The summed E-state index contributed by atoms with van der Waals surface area (Å²) in [7, 11) is 1.67. The van der Waals surface area contributed by atoms with Crippen LogP contribution in [0.1, 0.15) is 16.8 Å². The number of nitrogens with zero attached hydrogens (tertiary/aromatic N) is 4. The predicted molar refractivity (Wildman–Crippen MR) is 108 cm³/mol. The molecule has 0 bridgehead atoms. The Balaban J connectivity index is 1.49. The Kier molecular flexibility index (Phi) is 5.05. The highest BCUT2D eigenvalue weighted by molar-refractivity contribution is 9.10. The summed E-state index contributed by atoms with van der Waals surface area (Å²) in [6.45, 7) is 2.62. The predicted octanol–water partition coefficient (Wildman–Crippen LogP) is 3.45. The highest BCUT2D eigenvalue weighted by Crippen LogP contribution is 2.31. The van der Waals surface area contributed by atoms with Crippen molar-refractivity contribution in [2.24, 2.45) is 0 Å². The number of rotatable bonds is 4. The lowest BCUT2D eigenvalue weighted by Gasteiger charge is -2.27. The molecular formula is C20H20BrN5O. The van der Waals surface area contributed by atoms with E-state index in [-0.39, 0.29) is 0 Å². The Morgan fingerprint density at radius 3 is 2.85 bits per heavy atom. The molecule has 6 nitrogen and oxygen atoms in total. The number of anilines is 1. The van der Waals surface area contributed by atoms with Crippen molar-refractivity contribution in [2.45, 2.75) is 19.5 Å². The minimum atomic E-state index is 0.352. The van der Waals surface area contributed by atoms with Gasteiger partial charge in [-0.15, -0.1) is 0 Å². The molecule has 27 heavy (non-hydrogen) atoms. The summed E-state index contributed by atoms with van der Waals surface area (Å²) in [5.74, 6) is 1.16. The van der Waals surface area contributed by atoms with Crippen molar-refractivity contribution in [3.8, 4) is 17.0 Å². The zero-order valence-electron chi connectivity index (χ0n) is 15.0. The zero-order valence-corrected chi connectivity index (χ0v) is 16.6. The van der Waals surface area contributed by atoms with Crippen molar-refractivity contribution < 1.29 is 4.74 Å². The van der Waals surface area contributed by atoms with Gasteiger partial charge in [0.1, 0.15) is 5.75 Å². The summed E-state index contributed by atoms with van der Waals surface area (Å²) in [4.78, 5) is 15.5. The van der Waals surface area contributed by atoms with E-state index in [4.69, 9.17) is 10.5 Å². The van der Waals surface area contributed by atoms with Crippen LogP contribution in [-0.4, -0.2) is 33.5 Å². The molecule has 0 unspecified atom stereocenters. The summed E-state index contributed by atoms with van der Waals surface area (Å²) in [5.41, 5.74) is 10.9. The average Bonchev–Trinajstić information content (AvgIpc) is 2.69. The quantitative estimate of drug-likeness (QED) is 0.689. The van der Waals surface area contributed by atoms with E-state index in [1.54, 1.807) is 7.11 Å². The molecule has 0 aliphatic carbocycles. The Labute approximate surface area is 166 Å². The van der Waals surface area contributed by atoms with Crippen LogP contribution in [0, 0.1) is 0 Å². The lowest BCUT2D eigenvalue weighted by Crippen LogP contribution is -2.31. The van der Waals surface area contributed by atoms with Crippen LogP contribution in [0.4, 0.5) is 5.95 Å². The van der Waals surface area contributed by atoms with Crippen LogP contribution >= 0.6 is 15.9 Å². The summed E-state index contributed by atoms with van der Waals surface area (Å²) in [6.07, 6.45) is 4.66. The van der Waals surface area contributed by atoms with E-state index < -0.39 is 0 Å². The fourth-order valence-electron chi connectivity index (χ4n) is 3.34. The highest BCUT2D eigenvalue weighted by Gasteiger charge is 2.18. The standard InChI is InChI=1S/C20H20BrN5O/c1-27-19-5-3-15(21)8-16(19)18-4-2-13(9-23-18)11-26-7-6-17-14(12-26)10-24-20(22)25-17/h2-5,8-10H,6-7,11-12H2,1H3,(H2,22,24,25). The largest absolute Gasteiger partial charge is 0.496 e. The van der Waals surface area contributed by atoms with E-state index in [0.29, 0.717) is 5.95 Å². The minimum absolute atomic E-state index is 0.352. The molecule has 3 heterocycles. The number of aromatic nitrogens is 3. The Hall–Kier alpha value is -2.51. The molecule has 1 aromatic carbocycles. The first-order valence-corrected chi connectivity index (χ1v) is 9.53. The van der Waals surface area contributed by atoms with Crippen molar-refractivity contribution in [1.82, 2.24) is 19.9 Å². The van der Waals surface area contributed by atoms with Gasteiger partial charge in [0.2, 0.25) is 5.95 Å². The zero-order chi connectivity index (χ0) is 18.8. The molecule has 0 amide bonds. The minimum Gasteiger partial charge on any atom is -0.496 e. The number of hydrogen-bond acceptors (Lipinski definition) is 6.